The molecule has 0 bridgehead atoms. The smallest absolute Gasteiger partial charge is 0.262 e. The van der Waals surface area contributed by atoms with Gasteiger partial charge in [0.05, 0.1) is 11.4 Å². The molecule has 2 aromatic carbocycles. The second-order valence-corrected chi connectivity index (χ2v) is 6.11. The SMILES string of the molecule is CC(=O)c1ccc(OCC(=O)Nc2ccc(Cl)cc2-n2cccc2)cc1. The maximum Gasteiger partial charge on any atom is 0.262 e. The highest BCUT2D eigenvalue weighted by molar-refractivity contribution is 6.31. The number of carbonyl (C=O) groups is 2. The van der Waals surface area contributed by atoms with Crippen LogP contribution in [0.3, 0.4) is 0 Å². The van der Waals surface area contributed by atoms with Gasteiger partial charge in [-0.3, -0.25) is 9.59 Å². The molecular weight excluding hydrogens is 352 g/mol. The molecule has 0 radical (unpaired) electrons. The molecule has 0 aliphatic heterocycles. The second-order valence-electron chi connectivity index (χ2n) is 5.67. The molecule has 1 N–H and O–H groups in total. The first-order valence-corrected chi connectivity index (χ1v) is 8.37. The third kappa shape index (κ3) is 4.32. The first-order valence-electron chi connectivity index (χ1n) is 7.99. The van der Waals surface area contributed by atoms with E-state index in [2.05, 4.69) is 5.32 Å². The monoisotopic (exact) mass is 368 g/mol. The Balaban J connectivity index is 1.66. The van der Waals surface area contributed by atoms with Gasteiger partial charge in [-0.15, -0.1) is 0 Å². The van der Waals surface area contributed by atoms with Gasteiger partial charge in [0, 0.05) is 23.0 Å². The molecule has 0 atom stereocenters. The van der Waals surface area contributed by atoms with E-state index in [0.717, 1.165) is 5.69 Å². The van der Waals surface area contributed by atoms with E-state index < -0.39 is 0 Å². The van der Waals surface area contributed by atoms with Crippen molar-refractivity contribution in [3.63, 3.8) is 0 Å². The zero-order valence-corrected chi connectivity index (χ0v) is 14.9. The van der Waals surface area contributed by atoms with Crippen LogP contribution in [0, 0.1) is 0 Å². The fourth-order valence-corrected chi connectivity index (χ4v) is 2.61. The molecule has 5 nitrogen and oxygen atoms in total. The predicted molar refractivity (Wildman–Crippen MR) is 101 cm³/mol. The summed E-state index contributed by atoms with van der Waals surface area (Å²) in [7, 11) is 0. The summed E-state index contributed by atoms with van der Waals surface area (Å²) in [5, 5.41) is 3.41. The second kappa shape index (κ2) is 7.89. The number of amides is 1. The highest BCUT2D eigenvalue weighted by Gasteiger charge is 2.10. The van der Waals surface area contributed by atoms with Crippen LogP contribution in [-0.4, -0.2) is 22.9 Å². The van der Waals surface area contributed by atoms with Crippen LogP contribution >= 0.6 is 11.6 Å². The van der Waals surface area contributed by atoms with Gasteiger partial charge in [-0.25, -0.2) is 0 Å². The van der Waals surface area contributed by atoms with Crippen LogP contribution in [0.5, 0.6) is 5.75 Å². The van der Waals surface area contributed by atoms with Crippen molar-refractivity contribution in [3.05, 3.63) is 77.6 Å². The fraction of sp³-hybridized carbons (Fsp3) is 0.100. The lowest BCUT2D eigenvalue weighted by atomic mass is 10.1. The van der Waals surface area contributed by atoms with Crippen molar-refractivity contribution in [1.29, 1.82) is 0 Å². The molecule has 6 heteroatoms. The summed E-state index contributed by atoms with van der Waals surface area (Å²) in [5.41, 5.74) is 1.99. The summed E-state index contributed by atoms with van der Waals surface area (Å²) in [6.07, 6.45) is 3.74. The summed E-state index contributed by atoms with van der Waals surface area (Å²) >= 11 is 6.07. The van der Waals surface area contributed by atoms with Crippen molar-refractivity contribution >= 4 is 29.0 Å². The normalized spacial score (nSPS) is 10.4. The topological polar surface area (TPSA) is 60.3 Å². The van der Waals surface area contributed by atoms with Crippen molar-refractivity contribution in [3.8, 4) is 11.4 Å². The molecule has 0 saturated heterocycles. The summed E-state index contributed by atoms with van der Waals surface area (Å²) in [4.78, 5) is 23.5. The average Bonchev–Trinajstić information content (AvgIpc) is 3.16. The molecule has 1 aromatic heterocycles. The number of hydrogen-bond donors (Lipinski definition) is 1. The fourth-order valence-electron chi connectivity index (χ4n) is 2.44. The Morgan fingerprint density at radius 2 is 1.77 bits per heavy atom. The highest BCUT2D eigenvalue weighted by atomic mass is 35.5. The number of halogens is 1. The molecule has 0 aliphatic rings. The Labute approximate surface area is 156 Å². The largest absolute Gasteiger partial charge is 0.484 e. The molecule has 1 amide bonds. The van der Waals surface area contributed by atoms with E-state index in [4.69, 9.17) is 16.3 Å². The van der Waals surface area contributed by atoms with Crippen LogP contribution in [0.25, 0.3) is 5.69 Å². The Morgan fingerprint density at radius 3 is 2.42 bits per heavy atom. The molecule has 26 heavy (non-hydrogen) atoms. The lowest BCUT2D eigenvalue weighted by molar-refractivity contribution is -0.118. The molecule has 132 valence electrons. The number of ether oxygens (including phenoxy) is 1. The van der Waals surface area contributed by atoms with Crippen LogP contribution < -0.4 is 10.1 Å². The molecule has 0 spiro atoms. The summed E-state index contributed by atoms with van der Waals surface area (Å²) in [5.74, 6) is 0.206. The quantitative estimate of drug-likeness (QED) is 0.658. The number of nitrogens with one attached hydrogen (secondary N) is 1. The Kier molecular flexibility index (Phi) is 5.39. The number of hydrogen-bond acceptors (Lipinski definition) is 3. The number of nitrogens with zero attached hydrogens (tertiary/aromatic N) is 1. The molecule has 0 unspecified atom stereocenters. The van der Waals surface area contributed by atoms with Gasteiger partial charge in [-0.2, -0.15) is 0 Å². The van der Waals surface area contributed by atoms with Crippen molar-refractivity contribution in [2.75, 3.05) is 11.9 Å². The number of anilines is 1. The van der Waals surface area contributed by atoms with Gasteiger partial charge >= 0.3 is 0 Å². The predicted octanol–water partition coefficient (Wildman–Crippen LogP) is 4.35. The van der Waals surface area contributed by atoms with Crippen LogP contribution in [0.4, 0.5) is 5.69 Å². The minimum Gasteiger partial charge on any atom is -0.484 e. The number of Topliss-reactive ketones (excluding diaryl/α,β-unsaturated/α-hetero) is 1. The minimum atomic E-state index is -0.295. The summed E-state index contributed by atoms with van der Waals surface area (Å²) < 4.78 is 7.34. The lowest BCUT2D eigenvalue weighted by Crippen LogP contribution is -2.21. The van der Waals surface area contributed by atoms with Gasteiger partial charge in [-0.1, -0.05) is 11.6 Å². The Hall–Kier alpha value is -3.05. The van der Waals surface area contributed by atoms with E-state index in [1.807, 2.05) is 29.1 Å². The number of benzene rings is 2. The maximum atomic E-state index is 12.2. The van der Waals surface area contributed by atoms with E-state index in [1.54, 1.807) is 42.5 Å². The molecule has 1 heterocycles. The zero-order chi connectivity index (χ0) is 18.5. The summed E-state index contributed by atoms with van der Waals surface area (Å²) in [6, 6.07) is 15.7. The van der Waals surface area contributed by atoms with E-state index in [9.17, 15) is 9.59 Å². The van der Waals surface area contributed by atoms with E-state index in [0.29, 0.717) is 22.0 Å². The van der Waals surface area contributed by atoms with Gasteiger partial charge in [0.25, 0.3) is 5.91 Å². The van der Waals surface area contributed by atoms with Gasteiger partial charge < -0.3 is 14.6 Å². The standard InChI is InChI=1S/C20H17ClN2O3/c1-14(24)15-4-7-17(8-5-15)26-13-20(25)22-18-9-6-16(21)12-19(18)23-10-2-3-11-23/h2-12H,13H2,1H3,(H,22,25). The van der Waals surface area contributed by atoms with Crippen molar-refractivity contribution in [2.45, 2.75) is 6.92 Å². The van der Waals surface area contributed by atoms with E-state index in [-0.39, 0.29) is 18.3 Å². The molecule has 3 aromatic rings. The zero-order valence-electron chi connectivity index (χ0n) is 14.1. The molecule has 0 aliphatic carbocycles. The number of aromatic nitrogens is 1. The van der Waals surface area contributed by atoms with Crippen LogP contribution in [0.15, 0.2) is 67.0 Å². The van der Waals surface area contributed by atoms with Gasteiger partial charge in [0.2, 0.25) is 0 Å². The van der Waals surface area contributed by atoms with E-state index >= 15 is 0 Å². The first kappa shape index (κ1) is 17.8. The van der Waals surface area contributed by atoms with Crippen molar-refractivity contribution in [1.82, 2.24) is 4.57 Å². The van der Waals surface area contributed by atoms with Gasteiger partial charge in [0.1, 0.15) is 5.75 Å². The Bertz CT molecular complexity index is 919. The Morgan fingerprint density at radius 1 is 1.08 bits per heavy atom. The average molecular weight is 369 g/mol. The summed E-state index contributed by atoms with van der Waals surface area (Å²) in [6.45, 7) is 1.35. The highest BCUT2D eigenvalue weighted by Crippen LogP contribution is 2.24. The minimum absolute atomic E-state index is 0.0189. The van der Waals surface area contributed by atoms with Gasteiger partial charge in [-0.05, 0) is 61.5 Å². The maximum absolute atomic E-state index is 12.2. The number of ketones is 1. The van der Waals surface area contributed by atoms with Crippen molar-refractivity contribution in [2.24, 2.45) is 0 Å². The first-order chi connectivity index (χ1) is 12.5. The van der Waals surface area contributed by atoms with Crippen molar-refractivity contribution < 1.29 is 14.3 Å². The van der Waals surface area contributed by atoms with Gasteiger partial charge in [0.15, 0.2) is 12.4 Å². The number of carbonyl (C=O) groups excluding carboxylic acids is 2. The van der Waals surface area contributed by atoms with Crippen LogP contribution in [0.1, 0.15) is 17.3 Å². The number of rotatable bonds is 6. The lowest BCUT2D eigenvalue weighted by Gasteiger charge is -2.13. The molecule has 0 saturated carbocycles. The molecule has 0 fully saturated rings. The van der Waals surface area contributed by atoms with Crippen LogP contribution in [-0.2, 0) is 4.79 Å². The third-order valence-electron chi connectivity index (χ3n) is 3.75. The van der Waals surface area contributed by atoms with E-state index in [1.165, 1.54) is 6.92 Å². The van der Waals surface area contributed by atoms with Crippen LogP contribution in [0.2, 0.25) is 5.02 Å². The molecule has 3 rings (SSSR count). The molecular formula is C20H17ClN2O3. The third-order valence-corrected chi connectivity index (χ3v) is 3.98.